The van der Waals surface area contributed by atoms with Crippen molar-refractivity contribution in [3.8, 4) is 5.75 Å². The molecule has 0 saturated heterocycles. The third kappa shape index (κ3) is 6.68. The Morgan fingerprint density at radius 3 is 2.38 bits per heavy atom. The van der Waals surface area contributed by atoms with Crippen molar-refractivity contribution in [1.29, 1.82) is 0 Å². The molecule has 1 heterocycles. The molecule has 37 heavy (non-hydrogen) atoms. The highest BCUT2D eigenvalue weighted by atomic mass is 35.5. The van der Waals surface area contributed by atoms with Gasteiger partial charge in [0.1, 0.15) is 23.4 Å². The number of nitrogens with one attached hydrogen (secondary N) is 2. The first-order valence-electron chi connectivity index (χ1n) is 11.7. The maximum Gasteiger partial charge on any atom is 0.340 e. The van der Waals surface area contributed by atoms with Gasteiger partial charge in [0.05, 0.1) is 24.1 Å². The lowest BCUT2D eigenvalue weighted by molar-refractivity contribution is -0.143. The van der Waals surface area contributed by atoms with Crippen molar-refractivity contribution >= 4 is 40.4 Å². The quantitative estimate of drug-likeness (QED) is 0.344. The van der Waals surface area contributed by atoms with Crippen LogP contribution in [0, 0.1) is 12.8 Å². The van der Waals surface area contributed by atoms with Gasteiger partial charge in [-0.25, -0.2) is 9.59 Å². The van der Waals surface area contributed by atoms with E-state index < -0.39 is 35.5 Å². The summed E-state index contributed by atoms with van der Waals surface area (Å²) in [5.74, 6) is -2.43. The number of carboxylic acids is 1. The van der Waals surface area contributed by atoms with Crippen molar-refractivity contribution in [2.45, 2.75) is 45.7 Å². The van der Waals surface area contributed by atoms with Crippen LogP contribution in [0.25, 0.3) is 11.0 Å². The molecule has 0 spiro atoms. The van der Waals surface area contributed by atoms with E-state index in [4.69, 9.17) is 20.8 Å². The zero-order chi connectivity index (χ0) is 27.3. The summed E-state index contributed by atoms with van der Waals surface area (Å²) in [5.41, 5.74) is 0.975. The Morgan fingerprint density at radius 2 is 1.78 bits per heavy atom. The predicted octanol–water partition coefficient (Wildman–Crippen LogP) is 3.26. The van der Waals surface area contributed by atoms with Crippen LogP contribution in [-0.4, -0.2) is 42.1 Å². The fourth-order valence-electron chi connectivity index (χ4n) is 3.98. The molecule has 196 valence electrons. The number of aryl methyl sites for hydroxylation is 1. The lowest BCUT2D eigenvalue weighted by Gasteiger charge is -2.23. The first kappa shape index (κ1) is 27.7. The number of halogens is 1. The molecule has 0 saturated carbocycles. The predicted molar refractivity (Wildman–Crippen MR) is 139 cm³/mol. The van der Waals surface area contributed by atoms with Crippen LogP contribution in [-0.2, 0) is 27.2 Å². The number of benzene rings is 2. The third-order valence-electron chi connectivity index (χ3n) is 6.06. The third-order valence-corrected chi connectivity index (χ3v) is 6.36. The molecule has 0 fully saturated rings. The minimum Gasteiger partial charge on any atom is -0.495 e. The molecule has 1 aromatic heterocycles. The summed E-state index contributed by atoms with van der Waals surface area (Å²) < 4.78 is 10.6. The van der Waals surface area contributed by atoms with E-state index in [1.807, 2.05) is 6.07 Å². The van der Waals surface area contributed by atoms with Crippen LogP contribution < -0.4 is 21.0 Å². The average molecular weight is 529 g/mol. The molecule has 0 aliphatic heterocycles. The van der Waals surface area contributed by atoms with E-state index in [-0.39, 0.29) is 29.9 Å². The highest BCUT2D eigenvalue weighted by Crippen LogP contribution is 2.31. The largest absolute Gasteiger partial charge is 0.495 e. The zero-order valence-corrected chi connectivity index (χ0v) is 21.7. The van der Waals surface area contributed by atoms with E-state index in [2.05, 4.69) is 10.6 Å². The van der Waals surface area contributed by atoms with Gasteiger partial charge in [-0.3, -0.25) is 9.59 Å². The molecule has 2 unspecified atom stereocenters. The van der Waals surface area contributed by atoms with Crippen LogP contribution in [0.15, 0.2) is 51.7 Å². The Morgan fingerprint density at radius 1 is 1.11 bits per heavy atom. The minimum atomic E-state index is -1.17. The number of hydrogen-bond acceptors (Lipinski definition) is 6. The Bertz CT molecular complexity index is 1370. The van der Waals surface area contributed by atoms with Crippen LogP contribution in [0.3, 0.4) is 0 Å². The van der Waals surface area contributed by atoms with Gasteiger partial charge in [-0.05, 0) is 30.0 Å². The van der Waals surface area contributed by atoms with Crippen molar-refractivity contribution in [2.75, 3.05) is 7.11 Å². The number of methoxy groups -OCH3 is 1. The molecule has 0 radical (unpaired) electrons. The highest BCUT2D eigenvalue weighted by Gasteiger charge is 2.29. The topological polar surface area (TPSA) is 135 Å². The zero-order valence-electron chi connectivity index (χ0n) is 21.0. The van der Waals surface area contributed by atoms with E-state index in [1.165, 1.54) is 13.2 Å². The van der Waals surface area contributed by atoms with Gasteiger partial charge in [-0.15, -0.1) is 0 Å². The maximum absolute atomic E-state index is 13.1. The molecule has 2 atom stereocenters. The number of aliphatic carboxylic acids is 1. The molecule has 3 aromatic rings. The Hall–Kier alpha value is -3.85. The lowest BCUT2D eigenvalue weighted by atomic mass is 10.0. The number of carbonyl (C=O) groups is 3. The van der Waals surface area contributed by atoms with E-state index in [0.29, 0.717) is 21.7 Å². The Labute approximate surface area is 218 Å². The first-order chi connectivity index (χ1) is 17.5. The molecule has 3 rings (SSSR count). The van der Waals surface area contributed by atoms with E-state index in [1.54, 1.807) is 51.1 Å². The average Bonchev–Trinajstić information content (AvgIpc) is 2.85. The fourth-order valence-corrected chi connectivity index (χ4v) is 4.22. The number of rotatable bonds is 10. The summed E-state index contributed by atoms with van der Waals surface area (Å²) in [4.78, 5) is 50.4. The summed E-state index contributed by atoms with van der Waals surface area (Å²) in [6, 6.07) is 9.91. The van der Waals surface area contributed by atoms with Gasteiger partial charge < -0.3 is 24.9 Å². The highest BCUT2D eigenvalue weighted by molar-refractivity contribution is 6.32. The van der Waals surface area contributed by atoms with E-state index >= 15 is 0 Å². The van der Waals surface area contributed by atoms with Gasteiger partial charge in [0.15, 0.2) is 0 Å². The second-order valence-electron chi connectivity index (χ2n) is 9.03. The molecule has 2 amide bonds. The maximum atomic E-state index is 13.1. The lowest BCUT2D eigenvalue weighted by Crippen LogP contribution is -2.54. The van der Waals surface area contributed by atoms with Gasteiger partial charge in [0.2, 0.25) is 11.8 Å². The summed E-state index contributed by atoms with van der Waals surface area (Å²) in [5, 5.41) is 15.5. The molecular formula is C27H29ClN2O7. The molecule has 0 aliphatic carbocycles. The van der Waals surface area contributed by atoms with Crippen LogP contribution in [0.5, 0.6) is 5.75 Å². The molecule has 9 nitrogen and oxygen atoms in total. The molecule has 10 heteroatoms. The van der Waals surface area contributed by atoms with Crippen molar-refractivity contribution in [2.24, 2.45) is 5.92 Å². The number of hydrogen-bond donors (Lipinski definition) is 3. The number of fused-ring (bicyclic) bond motifs is 1. The van der Waals surface area contributed by atoms with Gasteiger partial charge in [-0.2, -0.15) is 0 Å². The summed E-state index contributed by atoms with van der Waals surface area (Å²) in [6.07, 6.45) is -0.220. The number of ether oxygens (including phenoxy) is 1. The van der Waals surface area contributed by atoms with Crippen LogP contribution in [0.2, 0.25) is 5.02 Å². The SMILES string of the molecule is COc1cc2oc(=O)c(CC(=O)NC(Cc3ccccc3)C(=O)NC(C(=O)O)C(C)C)c(C)c2cc1Cl. The van der Waals surface area contributed by atoms with Gasteiger partial charge in [0.25, 0.3) is 0 Å². The van der Waals surface area contributed by atoms with Crippen molar-refractivity contribution in [3.63, 3.8) is 0 Å². The summed E-state index contributed by atoms with van der Waals surface area (Å²) >= 11 is 6.23. The van der Waals surface area contributed by atoms with E-state index in [0.717, 1.165) is 5.56 Å². The van der Waals surface area contributed by atoms with Crippen molar-refractivity contribution < 1.29 is 28.6 Å². The molecule has 0 bridgehead atoms. The molecule has 3 N–H and O–H groups in total. The van der Waals surface area contributed by atoms with Crippen LogP contribution >= 0.6 is 11.6 Å². The van der Waals surface area contributed by atoms with Crippen LogP contribution in [0.4, 0.5) is 0 Å². The fraction of sp³-hybridized carbons (Fsp3) is 0.333. The van der Waals surface area contributed by atoms with Crippen LogP contribution in [0.1, 0.15) is 30.5 Å². The second kappa shape index (κ2) is 11.9. The standard InChI is InChI=1S/C27H29ClN2O7/c1-14(2)24(26(33)34)30-25(32)20(10-16-8-6-5-7-9-16)29-23(31)12-18-15(3)17-11-19(28)22(36-4)13-21(17)37-27(18)35/h5-9,11,13-14,20,24H,10,12H2,1-4H3,(H,29,31)(H,30,32)(H,33,34). The Kier molecular flexibility index (Phi) is 8.94. The number of amides is 2. The number of carboxylic acid groups (broad SMARTS) is 1. The van der Waals surface area contributed by atoms with Crippen molar-refractivity contribution in [3.05, 3.63) is 74.6 Å². The molecular weight excluding hydrogens is 500 g/mol. The Balaban J connectivity index is 1.87. The molecule has 2 aromatic carbocycles. The summed E-state index contributed by atoms with van der Waals surface area (Å²) in [6.45, 7) is 5.03. The van der Waals surface area contributed by atoms with Crippen molar-refractivity contribution in [1.82, 2.24) is 10.6 Å². The van der Waals surface area contributed by atoms with Gasteiger partial charge >= 0.3 is 11.6 Å². The van der Waals surface area contributed by atoms with E-state index in [9.17, 15) is 24.3 Å². The van der Waals surface area contributed by atoms with Gasteiger partial charge in [0, 0.05) is 17.9 Å². The normalized spacial score (nSPS) is 12.7. The summed E-state index contributed by atoms with van der Waals surface area (Å²) in [7, 11) is 1.44. The number of carbonyl (C=O) groups excluding carboxylic acids is 2. The monoisotopic (exact) mass is 528 g/mol. The molecule has 0 aliphatic rings. The second-order valence-corrected chi connectivity index (χ2v) is 9.44. The van der Waals surface area contributed by atoms with Gasteiger partial charge in [-0.1, -0.05) is 55.8 Å². The first-order valence-corrected chi connectivity index (χ1v) is 12.1. The minimum absolute atomic E-state index is 0.121. The smallest absolute Gasteiger partial charge is 0.340 e.